The van der Waals surface area contributed by atoms with Gasteiger partial charge in [-0.05, 0) is 12.8 Å². The number of amides is 1. The summed E-state index contributed by atoms with van der Waals surface area (Å²) in [6.45, 7) is 3.99. The van der Waals surface area contributed by atoms with Gasteiger partial charge in [-0.15, -0.1) is 0 Å². The number of H-pyrrole nitrogens is 1. The largest absolute Gasteiger partial charge is 0.345 e. The zero-order valence-electron chi connectivity index (χ0n) is 10.0. The van der Waals surface area contributed by atoms with Crippen LogP contribution >= 0.6 is 0 Å². The van der Waals surface area contributed by atoms with Crippen LogP contribution in [0.5, 0.6) is 0 Å². The fourth-order valence-electron chi connectivity index (χ4n) is 2.02. The zero-order chi connectivity index (χ0) is 12.4. The van der Waals surface area contributed by atoms with E-state index >= 15 is 0 Å². The summed E-state index contributed by atoms with van der Waals surface area (Å²) in [5.74, 6) is -0.233. The highest BCUT2D eigenvalue weighted by Gasteiger charge is 2.18. The molecule has 0 spiro atoms. The molecule has 5 nitrogen and oxygen atoms in total. The molecule has 0 unspecified atom stereocenters. The minimum Gasteiger partial charge on any atom is -0.303 e. The van der Waals surface area contributed by atoms with Crippen LogP contribution < -0.4 is 16.4 Å². The molecular weight excluding hydrogens is 218 g/mol. The number of hydrogen-bond donors (Lipinski definition) is 1. The molecule has 0 fully saturated rings. The summed E-state index contributed by atoms with van der Waals surface area (Å²) in [6.07, 6.45) is 3.03. The van der Waals surface area contributed by atoms with Crippen molar-refractivity contribution in [2.45, 2.75) is 39.5 Å². The quantitative estimate of drug-likeness (QED) is 0.784. The maximum Gasteiger partial charge on any atom is 0.345 e. The molecule has 1 N–H and O–H groups in total. The Kier molecular flexibility index (Phi) is 3.17. The number of carbonyl (C=O) groups is 1. The number of aromatic amines is 1. The summed E-state index contributed by atoms with van der Waals surface area (Å²) in [6, 6.07) is 0. The van der Waals surface area contributed by atoms with Gasteiger partial charge in [0.25, 0.3) is 5.91 Å². The average molecular weight is 233 g/mol. The Balaban J connectivity index is 2.75. The van der Waals surface area contributed by atoms with Gasteiger partial charge in [0.15, 0.2) is 0 Å². The molecule has 1 aromatic heterocycles. The Morgan fingerprint density at radius 3 is 2.47 bits per heavy atom. The highest BCUT2D eigenvalue weighted by molar-refractivity contribution is 6.15. The van der Waals surface area contributed by atoms with Gasteiger partial charge in [-0.3, -0.25) is 4.79 Å². The van der Waals surface area contributed by atoms with E-state index in [1.165, 1.54) is 0 Å². The first-order valence-corrected chi connectivity index (χ1v) is 5.92. The molecule has 17 heavy (non-hydrogen) atoms. The lowest BCUT2D eigenvalue weighted by Crippen LogP contribution is -2.39. The van der Waals surface area contributed by atoms with Gasteiger partial charge >= 0.3 is 5.69 Å². The monoisotopic (exact) mass is 233 g/mol. The maximum atomic E-state index is 11.7. The molecule has 0 radical (unpaired) electrons. The van der Waals surface area contributed by atoms with Crippen molar-refractivity contribution in [2.24, 2.45) is 4.99 Å². The highest BCUT2D eigenvalue weighted by Crippen LogP contribution is 2.07. The Bertz CT molecular complexity index is 628. The number of nitrogens with one attached hydrogen (secondary N) is 1. The third-order valence-electron chi connectivity index (χ3n) is 2.74. The molecule has 0 atom stereocenters. The van der Waals surface area contributed by atoms with Crippen molar-refractivity contribution in [3.05, 3.63) is 26.9 Å². The van der Waals surface area contributed by atoms with Gasteiger partial charge in [0.1, 0.15) is 5.36 Å². The predicted octanol–water partition coefficient (Wildman–Crippen LogP) is -0.167. The summed E-state index contributed by atoms with van der Waals surface area (Å²) < 4.78 is 0. The fourth-order valence-corrected chi connectivity index (χ4v) is 2.02. The first-order valence-electron chi connectivity index (χ1n) is 5.92. The number of carbonyl (C=O) groups excluding carboxylic acids is 1. The number of hydrogen-bond acceptors (Lipinski definition) is 3. The molecule has 2 heterocycles. The Hall–Kier alpha value is -1.78. The molecule has 0 aromatic carbocycles. The van der Waals surface area contributed by atoms with E-state index in [0.29, 0.717) is 34.8 Å². The molecule has 0 aliphatic carbocycles. The van der Waals surface area contributed by atoms with Gasteiger partial charge in [-0.25, -0.2) is 9.79 Å². The second-order valence-corrected chi connectivity index (χ2v) is 4.11. The summed E-state index contributed by atoms with van der Waals surface area (Å²) in [7, 11) is 0. The van der Waals surface area contributed by atoms with Crippen molar-refractivity contribution in [3.8, 4) is 0 Å². The molecule has 5 heteroatoms. The van der Waals surface area contributed by atoms with Crippen LogP contribution in [0.1, 0.15) is 38.8 Å². The number of rotatable bonds is 4. The van der Waals surface area contributed by atoms with Gasteiger partial charge in [0.2, 0.25) is 0 Å². The SMILES string of the molecule is CCCC1=c2[nH]c(=O)nc(CCC)c2=NC1=O. The number of nitrogens with zero attached hydrogens (tertiary/aromatic N) is 2. The topological polar surface area (TPSA) is 75.2 Å². The van der Waals surface area contributed by atoms with E-state index in [-0.39, 0.29) is 5.91 Å². The number of aromatic nitrogens is 2. The van der Waals surface area contributed by atoms with Gasteiger partial charge in [0.05, 0.1) is 11.0 Å². The van der Waals surface area contributed by atoms with Crippen molar-refractivity contribution < 1.29 is 4.79 Å². The molecule has 1 aromatic rings. The van der Waals surface area contributed by atoms with Crippen LogP contribution in [0, 0.1) is 0 Å². The highest BCUT2D eigenvalue weighted by atomic mass is 16.2. The lowest BCUT2D eigenvalue weighted by atomic mass is 10.1. The van der Waals surface area contributed by atoms with E-state index in [0.717, 1.165) is 12.8 Å². The van der Waals surface area contributed by atoms with Crippen molar-refractivity contribution in [1.82, 2.24) is 9.97 Å². The summed E-state index contributed by atoms with van der Waals surface area (Å²) in [5.41, 5.74) is 0.843. The molecule has 0 bridgehead atoms. The van der Waals surface area contributed by atoms with Crippen LogP contribution in [-0.4, -0.2) is 15.9 Å². The van der Waals surface area contributed by atoms with Gasteiger partial charge in [-0.1, -0.05) is 26.7 Å². The molecule has 1 amide bonds. The standard InChI is InChI=1S/C12H15N3O2/c1-3-5-7-9-10(14-11(7)16)8(6-4-2)13-12(17)15-9/h3-6H2,1-2H3,(H,15,17). The van der Waals surface area contributed by atoms with Gasteiger partial charge < -0.3 is 4.98 Å². The Morgan fingerprint density at radius 1 is 1.12 bits per heavy atom. The second kappa shape index (κ2) is 4.61. The molecule has 0 saturated heterocycles. The van der Waals surface area contributed by atoms with Crippen LogP contribution in [-0.2, 0) is 11.2 Å². The smallest absolute Gasteiger partial charge is 0.303 e. The second-order valence-electron chi connectivity index (χ2n) is 4.11. The molecule has 1 aliphatic rings. The molecule has 2 rings (SSSR count). The first kappa shape index (κ1) is 11.7. The molecule has 0 saturated carbocycles. The lowest BCUT2D eigenvalue weighted by molar-refractivity contribution is -0.112. The minimum absolute atomic E-state index is 0.233. The van der Waals surface area contributed by atoms with E-state index in [4.69, 9.17) is 0 Å². The van der Waals surface area contributed by atoms with E-state index < -0.39 is 5.69 Å². The third-order valence-corrected chi connectivity index (χ3v) is 2.74. The third kappa shape index (κ3) is 2.05. The minimum atomic E-state index is -0.397. The van der Waals surface area contributed by atoms with Crippen molar-refractivity contribution in [1.29, 1.82) is 0 Å². The molecule has 90 valence electrons. The van der Waals surface area contributed by atoms with E-state index in [2.05, 4.69) is 15.0 Å². The van der Waals surface area contributed by atoms with Crippen LogP contribution in [0.3, 0.4) is 0 Å². The van der Waals surface area contributed by atoms with E-state index in [1.54, 1.807) is 0 Å². The maximum absolute atomic E-state index is 11.7. The van der Waals surface area contributed by atoms with Crippen LogP contribution in [0.4, 0.5) is 0 Å². The average Bonchev–Trinajstić information content (AvgIpc) is 2.58. The lowest BCUT2D eigenvalue weighted by Gasteiger charge is -1.97. The predicted molar refractivity (Wildman–Crippen MR) is 63.0 cm³/mol. The van der Waals surface area contributed by atoms with E-state index in [9.17, 15) is 9.59 Å². The van der Waals surface area contributed by atoms with Gasteiger partial charge in [-0.2, -0.15) is 4.98 Å². The molecule has 1 aliphatic heterocycles. The Labute approximate surface area is 98.3 Å². The van der Waals surface area contributed by atoms with Crippen LogP contribution in [0.25, 0.3) is 5.57 Å². The van der Waals surface area contributed by atoms with Crippen molar-refractivity contribution in [3.63, 3.8) is 0 Å². The normalized spacial score (nSPS) is 13.8. The summed E-state index contributed by atoms with van der Waals surface area (Å²) in [5, 5.41) is 1.15. The number of fused-ring (bicyclic) bond motifs is 1. The van der Waals surface area contributed by atoms with Crippen LogP contribution in [0.15, 0.2) is 9.79 Å². The Morgan fingerprint density at radius 2 is 1.82 bits per heavy atom. The number of aryl methyl sites for hydroxylation is 1. The fraction of sp³-hybridized carbons (Fsp3) is 0.500. The van der Waals surface area contributed by atoms with Gasteiger partial charge in [0, 0.05) is 5.57 Å². The summed E-state index contributed by atoms with van der Waals surface area (Å²) >= 11 is 0. The molecular formula is C12H15N3O2. The van der Waals surface area contributed by atoms with Crippen molar-refractivity contribution >= 4 is 11.5 Å². The van der Waals surface area contributed by atoms with E-state index in [1.807, 2.05) is 13.8 Å². The van der Waals surface area contributed by atoms with Crippen LogP contribution in [0.2, 0.25) is 0 Å². The summed E-state index contributed by atoms with van der Waals surface area (Å²) in [4.78, 5) is 33.7. The zero-order valence-corrected chi connectivity index (χ0v) is 10.0. The van der Waals surface area contributed by atoms with Crippen molar-refractivity contribution in [2.75, 3.05) is 0 Å². The first-order chi connectivity index (χ1) is 8.17.